The number of rotatable bonds is 4. The van der Waals surface area contributed by atoms with E-state index in [1.807, 2.05) is 26.2 Å². The second-order valence-electron chi connectivity index (χ2n) is 4.16. The molecule has 3 nitrogen and oxygen atoms in total. The average molecular weight is 268 g/mol. The summed E-state index contributed by atoms with van der Waals surface area (Å²) in [4.78, 5) is 4.27. The van der Waals surface area contributed by atoms with Gasteiger partial charge >= 0.3 is 0 Å². The molecule has 0 spiro atoms. The fraction of sp³-hybridized carbons (Fsp3) is 0.308. The summed E-state index contributed by atoms with van der Waals surface area (Å²) >= 11 is 5.67. The Morgan fingerprint density at radius 3 is 2.89 bits per heavy atom. The summed E-state index contributed by atoms with van der Waals surface area (Å²) in [6.07, 6.45) is 1.83. The van der Waals surface area contributed by atoms with E-state index in [-0.39, 0.29) is 10.8 Å². The molecule has 0 atom stereocenters. The first kappa shape index (κ1) is 13.1. The Kier molecular flexibility index (Phi) is 3.99. The molecule has 0 radical (unpaired) electrons. The second kappa shape index (κ2) is 5.50. The van der Waals surface area contributed by atoms with E-state index in [9.17, 15) is 4.39 Å². The molecule has 0 fully saturated rings. The van der Waals surface area contributed by atoms with Crippen molar-refractivity contribution in [3.63, 3.8) is 0 Å². The molecular formula is C13H15ClFN3. The minimum atomic E-state index is -0.387. The number of hydrogen-bond acceptors (Lipinski definition) is 2. The molecule has 1 aromatic heterocycles. The van der Waals surface area contributed by atoms with Crippen molar-refractivity contribution in [1.82, 2.24) is 14.9 Å². The molecule has 5 heteroatoms. The zero-order valence-electron chi connectivity index (χ0n) is 10.4. The van der Waals surface area contributed by atoms with Crippen molar-refractivity contribution in [3.8, 4) is 0 Å². The lowest BCUT2D eigenvalue weighted by Crippen LogP contribution is -2.13. The number of halogens is 2. The Labute approximate surface area is 111 Å². The monoisotopic (exact) mass is 267 g/mol. The third kappa shape index (κ3) is 2.71. The number of aromatic nitrogens is 2. The van der Waals surface area contributed by atoms with Crippen LogP contribution in [0.1, 0.15) is 17.1 Å². The van der Waals surface area contributed by atoms with Gasteiger partial charge in [0.25, 0.3) is 0 Å². The predicted octanol–water partition coefficient (Wildman–Crippen LogP) is 2.75. The summed E-state index contributed by atoms with van der Waals surface area (Å²) in [7, 11) is 1.88. The number of imidazole rings is 1. The van der Waals surface area contributed by atoms with Crippen LogP contribution in [0.3, 0.4) is 0 Å². The molecule has 96 valence electrons. The molecule has 0 amide bonds. The standard InChI is InChI=1S/C13H15ClFN3/c1-9-17-7-11(6-16-2)18(9)8-10-3-4-12(14)13(15)5-10/h3-5,7,16H,6,8H2,1-2H3. The van der Waals surface area contributed by atoms with Gasteiger partial charge in [0.2, 0.25) is 0 Å². The summed E-state index contributed by atoms with van der Waals surface area (Å²) < 4.78 is 15.4. The molecule has 0 aliphatic carbocycles. The fourth-order valence-electron chi connectivity index (χ4n) is 1.87. The first-order chi connectivity index (χ1) is 8.61. The van der Waals surface area contributed by atoms with Gasteiger partial charge in [-0.25, -0.2) is 9.37 Å². The predicted molar refractivity (Wildman–Crippen MR) is 70.2 cm³/mol. The van der Waals surface area contributed by atoms with E-state index in [2.05, 4.69) is 14.9 Å². The SMILES string of the molecule is CNCc1cnc(C)n1Cc1ccc(Cl)c(F)c1. The van der Waals surface area contributed by atoms with Crippen LogP contribution in [0.5, 0.6) is 0 Å². The molecule has 0 aliphatic heterocycles. The number of nitrogens with zero attached hydrogens (tertiary/aromatic N) is 2. The summed E-state index contributed by atoms with van der Waals surface area (Å²) in [5, 5.41) is 3.24. The van der Waals surface area contributed by atoms with E-state index in [1.165, 1.54) is 6.07 Å². The van der Waals surface area contributed by atoms with Gasteiger partial charge in [0.15, 0.2) is 0 Å². The molecule has 18 heavy (non-hydrogen) atoms. The van der Waals surface area contributed by atoms with E-state index in [4.69, 9.17) is 11.6 Å². The summed E-state index contributed by atoms with van der Waals surface area (Å²) in [5.74, 6) is 0.526. The summed E-state index contributed by atoms with van der Waals surface area (Å²) in [6.45, 7) is 3.26. The van der Waals surface area contributed by atoms with Crippen LogP contribution in [0, 0.1) is 12.7 Å². The molecule has 1 aromatic carbocycles. The third-order valence-corrected chi connectivity index (χ3v) is 3.13. The van der Waals surface area contributed by atoms with Gasteiger partial charge in [-0.15, -0.1) is 0 Å². The highest BCUT2D eigenvalue weighted by Gasteiger charge is 2.08. The van der Waals surface area contributed by atoms with Crippen LogP contribution in [0.4, 0.5) is 4.39 Å². The Morgan fingerprint density at radius 2 is 2.22 bits per heavy atom. The van der Waals surface area contributed by atoms with Crippen LogP contribution >= 0.6 is 11.6 Å². The largest absolute Gasteiger partial charge is 0.327 e. The van der Waals surface area contributed by atoms with E-state index >= 15 is 0 Å². The van der Waals surface area contributed by atoms with Gasteiger partial charge in [-0.2, -0.15) is 0 Å². The molecule has 0 unspecified atom stereocenters. The second-order valence-corrected chi connectivity index (χ2v) is 4.57. The first-order valence-electron chi connectivity index (χ1n) is 5.71. The van der Waals surface area contributed by atoms with Crippen molar-refractivity contribution < 1.29 is 4.39 Å². The van der Waals surface area contributed by atoms with E-state index in [0.29, 0.717) is 6.54 Å². The maximum atomic E-state index is 13.4. The van der Waals surface area contributed by atoms with Gasteiger partial charge in [-0.05, 0) is 31.7 Å². The van der Waals surface area contributed by atoms with Crippen LogP contribution in [0.25, 0.3) is 0 Å². The summed E-state index contributed by atoms with van der Waals surface area (Å²) in [5.41, 5.74) is 1.95. The number of hydrogen-bond donors (Lipinski definition) is 1. The Hall–Kier alpha value is -1.39. The van der Waals surface area contributed by atoms with E-state index in [0.717, 1.165) is 23.6 Å². The van der Waals surface area contributed by atoms with Gasteiger partial charge in [-0.3, -0.25) is 0 Å². The van der Waals surface area contributed by atoms with Crippen LogP contribution in [-0.4, -0.2) is 16.6 Å². The molecule has 2 rings (SSSR count). The Bertz CT molecular complexity index is 551. The van der Waals surface area contributed by atoms with Gasteiger partial charge < -0.3 is 9.88 Å². The minimum absolute atomic E-state index is 0.150. The maximum absolute atomic E-state index is 13.4. The molecule has 0 aliphatic rings. The van der Waals surface area contributed by atoms with E-state index in [1.54, 1.807) is 6.07 Å². The van der Waals surface area contributed by atoms with Crippen molar-refractivity contribution >= 4 is 11.6 Å². The van der Waals surface area contributed by atoms with Gasteiger partial charge in [0.1, 0.15) is 11.6 Å². The lowest BCUT2D eigenvalue weighted by molar-refractivity contribution is 0.620. The molecule has 2 aromatic rings. The minimum Gasteiger partial charge on any atom is -0.327 e. The lowest BCUT2D eigenvalue weighted by Gasteiger charge is -2.10. The van der Waals surface area contributed by atoms with E-state index < -0.39 is 0 Å². The zero-order valence-corrected chi connectivity index (χ0v) is 11.1. The molecule has 1 heterocycles. The third-order valence-electron chi connectivity index (χ3n) is 2.82. The first-order valence-corrected chi connectivity index (χ1v) is 6.09. The lowest BCUT2D eigenvalue weighted by atomic mass is 10.2. The van der Waals surface area contributed by atoms with Gasteiger partial charge in [0.05, 0.1) is 10.7 Å². The number of benzene rings is 1. The quantitative estimate of drug-likeness (QED) is 0.923. The fourth-order valence-corrected chi connectivity index (χ4v) is 1.99. The van der Waals surface area contributed by atoms with Gasteiger partial charge in [0, 0.05) is 19.3 Å². The smallest absolute Gasteiger partial charge is 0.142 e. The molecule has 1 N–H and O–H groups in total. The van der Waals surface area contributed by atoms with Crippen molar-refractivity contribution in [2.24, 2.45) is 0 Å². The topological polar surface area (TPSA) is 29.9 Å². The van der Waals surface area contributed by atoms with Crippen LogP contribution < -0.4 is 5.32 Å². The van der Waals surface area contributed by atoms with Crippen molar-refractivity contribution in [2.45, 2.75) is 20.0 Å². The van der Waals surface area contributed by atoms with Crippen LogP contribution in [0.2, 0.25) is 5.02 Å². The summed E-state index contributed by atoms with van der Waals surface area (Å²) in [6, 6.07) is 4.87. The highest BCUT2D eigenvalue weighted by atomic mass is 35.5. The van der Waals surface area contributed by atoms with Crippen molar-refractivity contribution in [3.05, 3.63) is 52.3 Å². The molecule has 0 saturated heterocycles. The van der Waals surface area contributed by atoms with Gasteiger partial charge in [-0.1, -0.05) is 17.7 Å². The van der Waals surface area contributed by atoms with Crippen LogP contribution in [0.15, 0.2) is 24.4 Å². The van der Waals surface area contributed by atoms with Crippen LogP contribution in [-0.2, 0) is 13.1 Å². The van der Waals surface area contributed by atoms with Crippen molar-refractivity contribution in [2.75, 3.05) is 7.05 Å². The number of nitrogens with one attached hydrogen (secondary N) is 1. The Morgan fingerprint density at radius 1 is 1.44 bits per heavy atom. The molecular weight excluding hydrogens is 253 g/mol. The molecule has 0 saturated carbocycles. The Balaban J connectivity index is 2.27. The number of aryl methyl sites for hydroxylation is 1. The molecule has 0 bridgehead atoms. The highest BCUT2D eigenvalue weighted by Crippen LogP contribution is 2.17. The highest BCUT2D eigenvalue weighted by molar-refractivity contribution is 6.30. The zero-order chi connectivity index (χ0) is 13.1. The maximum Gasteiger partial charge on any atom is 0.142 e. The van der Waals surface area contributed by atoms with Crippen molar-refractivity contribution in [1.29, 1.82) is 0 Å². The average Bonchev–Trinajstić information content (AvgIpc) is 2.67. The normalized spacial score (nSPS) is 10.9.